The third-order valence-electron chi connectivity index (χ3n) is 3.27. The van der Waals surface area contributed by atoms with Crippen LogP contribution in [0.25, 0.3) is 0 Å². The predicted molar refractivity (Wildman–Crippen MR) is 87.1 cm³/mol. The minimum Gasteiger partial charge on any atom is -0.480 e. The first-order valence-corrected chi connectivity index (χ1v) is 7.72. The molecule has 0 aliphatic carbocycles. The van der Waals surface area contributed by atoms with E-state index in [-0.39, 0.29) is 24.3 Å². The fourth-order valence-corrected chi connectivity index (χ4v) is 2.14. The zero-order chi connectivity index (χ0) is 19.0. The van der Waals surface area contributed by atoms with Gasteiger partial charge in [-0.3, -0.25) is 14.4 Å². The maximum Gasteiger partial charge on any atom is 0.326 e. The molecule has 1 amide bonds. The van der Waals surface area contributed by atoms with Crippen LogP contribution in [-0.4, -0.2) is 41.6 Å². The number of hydrogen-bond acceptors (Lipinski definition) is 6. The number of benzene rings is 1. The molecular formula is C17H21NO7. The Labute approximate surface area is 145 Å². The van der Waals surface area contributed by atoms with Crippen molar-refractivity contribution < 1.29 is 33.8 Å². The lowest BCUT2D eigenvalue weighted by molar-refractivity contribution is -0.146. The van der Waals surface area contributed by atoms with Gasteiger partial charge in [0.2, 0.25) is 0 Å². The van der Waals surface area contributed by atoms with Gasteiger partial charge in [-0.05, 0) is 31.0 Å². The minimum absolute atomic E-state index is 0.133. The molecule has 1 aromatic carbocycles. The SMILES string of the molecule is CCOC(=O)C[C@@H](C)[C@H](NC(=O)c1cccc(OC(C)=O)c1)C(=O)O. The van der Waals surface area contributed by atoms with Crippen LogP contribution in [0.1, 0.15) is 37.6 Å². The molecule has 0 aromatic heterocycles. The van der Waals surface area contributed by atoms with Crippen LogP contribution in [0.2, 0.25) is 0 Å². The number of carbonyl (C=O) groups excluding carboxylic acids is 3. The van der Waals surface area contributed by atoms with Crippen LogP contribution in [0.4, 0.5) is 0 Å². The van der Waals surface area contributed by atoms with Gasteiger partial charge in [-0.25, -0.2) is 4.79 Å². The summed E-state index contributed by atoms with van der Waals surface area (Å²) in [6.45, 7) is 4.60. The highest BCUT2D eigenvalue weighted by molar-refractivity contribution is 5.97. The topological polar surface area (TPSA) is 119 Å². The maximum absolute atomic E-state index is 12.3. The Hall–Kier alpha value is -2.90. The molecule has 2 N–H and O–H groups in total. The summed E-state index contributed by atoms with van der Waals surface area (Å²) >= 11 is 0. The Morgan fingerprint density at radius 2 is 1.92 bits per heavy atom. The molecule has 1 aromatic rings. The summed E-state index contributed by atoms with van der Waals surface area (Å²) in [5.74, 6) is -3.49. The molecule has 0 saturated heterocycles. The summed E-state index contributed by atoms with van der Waals surface area (Å²) in [4.78, 5) is 46.2. The molecule has 0 bridgehead atoms. The summed E-state index contributed by atoms with van der Waals surface area (Å²) in [5, 5.41) is 11.7. The van der Waals surface area contributed by atoms with E-state index in [1.807, 2.05) is 0 Å². The first-order valence-electron chi connectivity index (χ1n) is 7.72. The van der Waals surface area contributed by atoms with E-state index in [9.17, 15) is 24.3 Å². The number of ether oxygens (including phenoxy) is 2. The van der Waals surface area contributed by atoms with Crippen molar-refractivity contribution in [2.24, 2.45) is 5.92 Å². The van der Waals surface area contributed by atoms with Crippen LogP contribution in [0.5, 0.6) is 5.75 Å². The van der Waals surface area contributed by atoms with Crippen molar-refractivity contribution in [3.05, 3.63) is 29.8 Å². The summed E-state index contributed by atoms with van der Waals surface area (Å²) in [5.41, 5.74) is 0.133. The maximum atomic E-state index is 12.3. The number of esters is 2. The van der Waals surface area contributed by atoms with Gasteiger partial charge in [0.05, 0.1) is 13.0 Å². The molecule has 8 nitrogen and oxygen atoms in total. The van der Waals surface area contributed by atoms with Gasteiger partial charge < -0.3 is 19.9 Å². The van der Waals surface area contributed by atoms with E-state index in [0.717, 1.165) is 0 Å². The third kappa shape index (κ3) is 6.62. The van der Waals surface area contributed by atoms with Gasteiger partial charge in [0, 0.05) is 12.5 Å². The van der Waals surface area contributed by atoms with Gasteiger partial charge >= 0.3 is 17.9 Å². The van der Waals surface area contributed by atoms with E-state index in [4.69, 9.17) is 9.47 Å². The molecular weight excluding hydrogens is 330 g/mol. The molecule has 0 unspecified atom stereocenters. The lowest BCUT2D eigenvalue weighted by Gasteiger charge is -2.21. The summed E-state index contributed by atoms with van der Waals surface area (Å²) in [6, 6.07) is 4.51. The average molecular weight is 351 g/mol. The quantitative estimate of drug-likeness (QED) is 0.536. The second-order valence-corrected chi connectivity index (χ2v) is 5.40. The number of nitrogens with one attached hydrogen (secondary N) is 1. The Morgan fingerprint density at radius 3 is 2.48 bits per heavy atom. The molecule has 0 aliphatic rings. The van der Waals surface area contributed by atoms with Gasteiger partial charge in [0.1, 0.15) is 11.8 Å². The number of carbonyl (C=O) groups is 4. The largest absolute Gasteiger partial charge is 0.480 e. The Bertz CT molecular complexity index is 656. The van der Waals surface area contributed by atoms with Crippen molar-refractivity contribution in [2.75, 3.05) is 6.61 Å². The lowest BCUT2D eigenvalue weighted by atomic mass is 9.98. The zero-order valence-electron chi connectivity index (χ0n) is 14.3. The van der Waals surface area contributed by atoms with E-state index < -0.39 is 35.8 Å². The van der Waals surface area contributed by atoms with Gasteiger partial charge in [0.15, 0.2) is 0 Å². The molecule has 0 fully saturated rings. The molecule has 0 radical (unpaired) electrons. The number of carboxylic acids is 1. The Kier molecular flexibility index (Phi) is 7.58. The molecule has 0 aliphatic heterocycles. The van der Waals surface area contributed by atoms with E-state index in [1.54, 1.807) is 6.92 Å². The molecule has 1 rings (SSSR count). The number of hydrogen-bond donors (Lipinski definition) is 2. The fraction of sp³-hybridized carbons (Fsp3) is 0.412. The van der Waals surface area contributed by atoms with Crippen LogP contribution in [0, 0.1) is 5.92 Å². The lowest BCUT2D eigenvalue weighted by Crippen LogP contribution is -2.45. The van der Waals surface area contributed by atoms with Crippen molar-refractivity contribution in [1.29, 1.82) is 0 Å². The van der Waals surface area contributed by atoms with Crippen LogP contribution in [-0.2, 0) is 19.1 Å². The van der Waals surface area contributed by atoms with Crippen LogP contribution in [0.3, 0.4) is 0 Å². The highest BCUT2D eigenvalue weighted by atomic mass is 16.5. The van der Waals surface area contributed by atoms with Gasteiger partial charge in [-0.15, -0.1) is 0 Å². The normalized spacial score (nSPS) is 12.6. The monoisotopic (exact) mass is 351 g/mol. The zero-order valence-corrected chi connectivity index (χ0v) is 14.3. The molecule has 0 heterocycles. The predicted octanol–water partition coefficient (Wildman–Crippen LogP) is 1.38. The van der Waals surface area contributed by atoms with Gasteiger partial charge in [-0.1, -0.05) is 13.0 Å². The molecule has 0 spiro atoms. The summed E-state index contributed by atoms with van der Waals surface area (Å²) < 4.78 is 9.68. The van der Waals surface area contributed by atoms with Crippen LogP contribution >= 0.6 is 0 Å². The second kappa shape index (κ2) is 9.41. The third-order valence-corrected chi connectivity index (χ3v) is 3.27. The van der Waals surface area contributed by atoms with E-state index in [1.165, 1.54) is 38.1 Å². The highest BCUT2D eigenvalue weighted by Gasteiger charge is 2.29. The molecule has 0 saturated carbocycles. The highest BCUT2D eigenvalue weighted by Crippen LogP contribution is 2.15. The first kappa shape index (κ1) is 20.1. The Balaban J connectivity index is 2.84. The average Bonchev–Trinajstić information content (AvgIpc) is 2.51. The van der Waals surface area contributed by atoms with E-state index in [0.29, 0.717) is 0 Å². The Morgan fingerprint density at radius 1 is 1.24 bits per heavy atom. The van der Waals surface area contributed by atoms with Crippen LogP contribution < -0.4 is 10.1 Å². The van der Waals surface area contributed by atoms with Crippen molar-refractivity contribution >= 4 is 23.8 Å². The number of carboxylic acid groups (broad SMARTS) is 1. The molecule has 2 atom stereocenters. The minimum atomic E-state index is -1.27. The van der Waals surface area contributed by atoms with E-state index >= 15 is 0 Å². The number of aliphatic carboxylic acids is 1. The van der Waals surface area contributed by atoms with Crippen molar-refractivity contribution in [1.82, 2.24) is 5.32 Å². The molecule has 136 valence electrons. The van der Waals surface area contributed by atoms with Gasteiger partial charge in [0.25, 0.3) is 5.91 Å². The van der Waals surface area contributed by atoms with Crippen molar-refractivity contribution in [3.8, 4) is 5.75 Å². The van der Waals surface area contributed by atoms with Crippen molar-refractivity contribution in [2.45, 2.75) is 33.2 Å². The molecule has 25 heavy (non-hydrogen) atoms. The number of rotatable bonds is 8. The standard InChI is InChI=1S/C17H21NO7/c1-4-24-14(20)8-10(2)15(17(22)23)18-16(21)12-6-5-7-13(9-12)25-11(3)19/h5-7,9-10,15H,4,8H2,1-3H3,(H,18,21)(H,22,23)/t10-,15+/m1/s1. The smallest absolute Gasteiger partial charge is 0.326 e. The van der Waals surface area contributed by atoms with Crippen LogP contribution in [0.15, 0.2) is 24.3 Å². The first-order chi connectivity index (χ1) is 11.7. The fourth-order valence-electron chi connectivity index (χ4n) is 2.14. The summed E-state index contributed by atoms with van der Waals surface area (Å²) in [6.07, 6.45) is -0.140. The second-order valence-electron chi connectivity index (χ2n) is 5.40. The summed E-state index contributed by atoms with van der Waals surface area (Å²) in [7, 11) is 0. The molecule has 8 heteroatoms. The van der Waals surface area contributed by atoms with Gasteiger partial charge in [-0.2, -0.15) is 0 Å². The van der Waals surface area contributed by atoms with Crippen molar-refractivity contribution in [3.63, 3.8) is 0 Å². The number of amides is 1. The van der Waals surface area contributed by atoms with E-state index in [2.05, 4.69) is 5.32 Å².